The van der Waals surface area contributed by atoms with Crippen molar-refractivity contribution in [3.05, 3.63) is 71.8 Å². The first-order valence-corrected chi connectivity index (χ1v) is 10.4. The van der Waals surface area contributed by atoms with Gasteiger partial charge in [-0.1, -0.05) is 74.5 Å². The zero-order valence-electron chi connectivity index (χ0n) is 17.7. The van der Waals surface area contributed by atoms with Crippen molar-refractivity contribution >= 4 is 0 Å². The third-order valence-corrected chi connectivity index (χ3v) is 5.98. The van der Waals surface area contributed by atoms with Gasteiger partial charge in [-0.2, -0.15) is 0 Å². The summed E-state index contributed by atoms with van der Waals surface area (Å²) in [5, 5.41) is 52.1. The second kappa shape index (κ2) is 11.0. The van der Waals surface area contributed by atoms with Gasteiger partial charge in [0.05, 0.1) is 13.2 Å². The molecular formula is C24H34O6. The van der Waals surface area contributed by atoms with Crippen LogP contribution < -0.4 is 0 Å². The summed E-state index contributed by atoms with van der Waals surface area (Å²) >= 11 is 0. The van der Waals surface area contributed by atoms with Crippen LogP contribution >= 0.6 is 0 Å². The fourth-order valence-corrected chi connectivity index (χ4v) is 3.99. The molecule has 0 saturated carbocycles. The van der Waals surface area contributed by atoms with Crippen molar-refractivity contribution in [3.63, 3.8) is 0 Å². The molecule has 166 valence electrons. The normalized spacial score (nSPS) is 18.8. The second-order valence-corrected chi connectivity index (χ2v) is 7.75. The molecule has 0 aliphatic rings. The molecule has 0 aliphatic carbocycles. The first kappa shape index (κ1) is 24.5. The molecule has 0 aromatic heterocycles. The van der Waals surface area contributed by atoms with Gasteiger partial charge >= 0.3 is 0 Å². The first-order valence-electron chi connectivity index (χ1n) is 10.4. The highest BCUT2D eigenvalue weighted by Crippen LogP contribution is 2.40. The maximum atomic E-state index is 11.7. The molecule has 5 atom stereocenters. The van der Waals surface area contributed by atoms with Crippen molar-refractivity contribution in [2.45, 2.75) is 69.2 Å². The molecule has 6 nitrogen and oxygen atoms in total. The number of hydrogen-bond acceptors (Lipinski definition) is 6. The first-order chi connectivity index (χ1) is 14.3. The van der Waals surface area contributed by atoms with Crippen molar-refractivity contribution in [1.29, 1.82) is 0 Å². The Kier molecular flexibility index (Phi) is 8.97. The van der Waals surface area contributed by atoms with Crippen LogP contribution in [0.5, 0.6) is 0 Å². The summed E-state index contributed by atoms with van der Waals surface area (Å²) in [7, 11) is 0. The largest absolute Gasteiger partial charge is 0.394 e. The molecule has 0 amide bonds. The molecule has 5 N–H and O–H groups in total. The van der Waals surface area contributed by atoms with E-state index in [4.69, 9.17) is 4.74 Å². The SMILES string of the molecule is CCC(Cc1ccccc1)(OCc1ccccc1)C(O)(CC)C(O)C(O)C(O)CO. The Morgan fingerprint density at radius 3 is 1.83 bits per heavy atom. The van der Waals surface area contributed by atoms with Gasteiger partial charge < -0.3 is 30.3 Å². The molecule has 0 heterocycles. The lowest BCUT2D eigenvalue weighted by Crippen LogP contribution is -2.67. The van der Waals surface area contributed by atoms with Crippen LogP contribution in [0.3, 0.4) is 0 Å². The molecular weight excluding hydrogens is 384 g/mol. The Morgan fingerprint density at radius 2 is 1.37 bits per heavy atom. The lowest BCUT2D eigenvalue weighted by atomic mass is 9.69. The molecule has 0 fully saturated rings. The van der Waals surface area contributed by atoms with E-state index in [0.717, 1.165) is 11.1 Å². The Labute approximate surface area is 178 Å². The summed E-state index contributed by atoms with van der Waals surface area (Å²) in [6.07, 6.45) is -4.35. The van der Waals surface area contributed by atoms with Gasteiger partial charge in [-0.3, -0.25) is 0 Å². The van der Waals surface area contributed by atoms with Crippen molar-refractivity contribution < 1.29 is 30.3 Å². The molecule has 0 saturated heterocycles. The maximum absolute atomic E-state index is 11.7. The highest BCUT2D eigenvalue weighted by atomic mass is 16.5. The summed E-state index contributed by atoms with van der Waals surface area (Å²) in [5.41, 5.74) is -1.33. The molecule has 5 unspecified atom stereocenters. The lowest BCUT2D eigenvalue weighted by molar-refractivity contribution is -0.256. The van der Waals surface area contributed by atoms with Crippen LogP contribution in [0, 0.1) is 0 Å². The summed E-state index contributed by atoms with van der Waals surface area (Å²) < 4.78 is 6.34. The van der Waals surface area contributed by atoms with E-state index in [-0.39, 0.29) is 13.0 Å². The lowest BCUT2D eigenvalue weighted by Gasteiger charge is -2.50. The average Bonchev–Trinajstić information content (AvgIpc) is 2.80. The molecule has 30 heavy (non-hydrogen) atoms. The van der Waals surface area contributed by atoms with Crippen molar-refractivity contribution in [3.8, 4) is 0 Å². The predicted octanol–water partition coefficient (Wildman–Crippen LogP) is 1.81. The van der Waals surface area contributed by atoms with E-state index in [1.165, 1.54) is 0 Å². The number of ether oxygens (including phenoxy) is 1. The van der Waals surface area contributed by atoms with Crippen molar-refractivity contribution in [2.75, 3.05) is 6.61 Å². The van der Waals surface area contributed by atoms with Gasteiger partial charge in [0.25, 0.3) is 0 Å². The van der Waals surface area contributed by atoms with Gasteiger partial charge in [0.15, 0.2) is 0 Å². The zero-order valence-corrected chi connectivity index (χ0v) is 17.7. The van der Waals surface area contributed by atoms with Crippen LogP contribution in [-0.2, 0) is 17.8 Å². The van der Waals surface area contributed by atoms with Gasteiger partial charge in [-0.25, -0.2) is 0 Å². The fraction of sp³-hybridized carbons (Fsp3) is 0.500. The standard InChI is InChI=1S/C24H34O6/c1-3-23(15-18-11-7-5-8-12-18,30-17-19-13-9-6-10-14-19)24(29,4-2)22(28)21(27)20(26)16-25/h5-14,20-22,25-29H,3-4,15-17H2,1-2H3. The van der Waals surface area contributed by atoms with Gasteiger partial charge in [0.2, 0.25) is 0 Å². The Balaban J connectivity index is 2.46. The predicted molar refractivity (Wildman–Crippen MR) is 115 cm³/mol. The minimum atomic E-state index is -1.89. The smallest absolute Gasteiger partial charge is 0.122 e. The number of aliphatic hydroxyl groups is 5. The van der Waals surface area contributed by atoms with Crippen LogP contribution in [0.25, 0.3) is 0 Å². The van der Waals surface area contributed by atoms with Crippen LogP contribution in [0.4, 0.5) is 0 Å². The maximum Gasteiger partial charge on any atom is 0.122 e. The fourth-order valence-electron chi connectivity index (χ4n) is 3.99. The van der Waals surface area contributed by atoms with Gasteiger partial charge in [-0.15, -0.1) is 0 Å². The molecule has 0 bridgehead atoms. The summed E-state index contributed by atoms with van der Waals surface area (Å²) in [6.45, 7) is 3.02. The Morgan fingerprint density at radius 1 is 0.833 bits per heavy atom. The highest BCUT2D eigenvalue weighted by molar-refractivity contribution is 5.21. The van der Waals surface area contributed by atoms with Gasteiger partial charge in [-0.05, 0) is 24.0 Å². The highest BCUT2D eigenvalue weighted by Gasteiger charge is 2.56. The number of hydrogen-bond donors (Lipinski definition) is 5. The van der Waals surface area contributed by atoms with Crippen LogP contribution in [0.1, 0.15) is 37.8 Å². The molecule has 0 spiro atoms. The molecule has 2 aromatic rings. The summed E-state index contributed by atoms with van der Waals surface area (Å²) in [4.78, 5) is 0. The van der Waals surface area contributed by atoms with Gasteiger partial charge in [0, 0.05) is 6.42 Å². The van der Waals surface area contributed by atoms with Crippen LogP contribution in [0.15, 0.2) is 60.7 Å². The number of benzene rings is 2. The zero-order chi connectivity index (χ0) is 22.2. The van der Waals surface area contributed by atoms with Crippen molar-refractivity contribution in [1.82, 2.24) is 0 Å². The van der Waals surface area contributed by atoms with Crippen molar-refractivity contribution in [2.24, 2.45) is 0 Å². The average molecular weight is 419 g/mol. The number of aliphatic hydroxyl groups excluding tert-OH is 4. The quantitative estimate of drug-likeness (QED) is 0.360. The summed E-state index contributed by atoms with van der Waals surface area (Å²) in [6, 6.07) is 19.0. The monoisotopic (exact) mass is 418 g/mol. The Bertz CT molecular complexity index is 740. The Hall–Kier alpha value is -1.80. The second-order valence-electron chi connectivity index (χ2n) is 7.75. The third kappa shape index (κ3) is 5.27. The van der Waals surface area contributed by atoms with E-state index in [1.807, 2.05) is 67.6 Å². The van der Waals surface area contributed by atoms with E-state index in [0.29, 0.717) is 12.8 Å². The van der Waals surface area contributed by atoms with E-state index >= 15 is 0 Å². The number of rotatable bonds is 12. The van der Waals surface area contributed by atoms with E-state index in [1.54, 1.807) is 6.92 Å². The topological polar surface area (TPSA) is 110 Å². The van der Waals surface area contributed by atoms with E-state index < -0.39 is 36.1 Å². The molecule has 2 aromatic carbocycles. The summed E-state index contributed by atoms with van der Waals surface area (Å²) in [5.74, 6) is 0. The van der Waals surface area contributed by atoms with E-state index in [2.05, 4.69) is 0 Å². The molecule has 0 radical (unpaired) electrons. The van der Waals surface area contributed by atoms with Crippen LogP contribution in [-0.4, -0.2) is 61.7 Å². The molecule has 6 heteroatoms. The van der Waals surface area contributed by atoms with E-state index in [9.17, 15) is 25.5 Å². The molecule has 2 rings (SSSR count). The third-order valence-electron chi connectivity index (χ3n) is 5.98. The minimum Gasteiger partial charge on any atom is -0.394 e. The molecule has 0 aliphatic heterocycles. The van der Waals surface area contributed by atoms with Gasteiger partial charge in [0.1, 0.15) is 29.5 Å². The van der Waals surface area contributed by atoms with Crippen LogP contribution in [0.2, 0.25) is 0 Å². The minimum absolute atomic E-state index is 0.0683.